The summed E-state index contributed by atoms with van der Waals surface area (Å²) in [5.74, 6) is 8.04. The number of carbonyl (C=O) groups is 1. The fraction of sp³-hybridized carbons (Fsp3) is 0.550. The smallest absolute Gasteiger partial charge is 0.327 e. The second kappa shape index (κ2) is 9.60. The topological polar surface area (TPSA) is 92.0 Å². The Bertz CT molecular complexity index is 1160. The number of carbonyl (C=O) groups excluding carboxylic acids is 1. The first-order valence-corrected chi connectivity index (χ1v) is 10.1. The second-order valence-corrected chi connectivity index (χ2v) is 7.22. The minimum absolute atomic E-state index is 0.0505. The van der Waals surface area contributed by atoms with E-state index < -0.39 is 29.7 Å². The zero-order chi connectivity index (χ0) is 24.3. The molecule has 2 aliphatic heterocycles. The Labute approximate surface area is 187 Å². The van der Waals surface area contributed by atoms with E-state index in [1.54, 1.807) is 11.8 Å². The minimum Gasteiger partial charge on any atom is -0.327 e. The SMILES string of the molecule is CC#CCN1c2c(n(CC#CC)c(=O)n(C)c2=O)N(OC(=O)C(F)(F)F)C1N1CCNCC1. The van der Waals surface area contributed by atoms with Crippen molar-refractivity contribution in [3.63, 3.8) is 0 Å². The van der Waals surface area contributed by atoms with Gasteiger partial charge < -0.3 is 15.1 Å². The number of hydrogen-bond acceptors (Lipinski definition) is 8. The Hall–Kier alpha value is -3.42. The molecule has 3 rings (SSSR count). The van der Waals surface area contributed by atoms with E-state index in [-0.39, 0.29) is 24.6 Å². The van der Waals surface area contributed by atoms with Gasteiger partial charge in [-0.2, -0.15) is 13.2 Å². The van der Waals surface area contributed by atoms with Crippen LogP contribution in [0, 0.1) is 23.7 Å². The molecule has 0 radical (unpaired) electrons. The summed E-state index contributed by atoms with van der Waals surface area (Å²) in [5, 5.41) is 3.82. The molecule has 1 aromatic rings. The van der Waals surface area contributed by atoms with Crippen LogP contribution < -0.4 is 26.5 Å². The lowest BCUT2D eigenvalue weighted by molar-refractivity contribution is -0.203. The van der Waals surface area contributed by atoms with E-state index >= 15 is 0 Å². The van der Waals surface area contributed by atoms with Crippen LogP contribution in [0.25, 0.3) is 0 Å². The number of hydroxylamine groups is 1. The van der Waals surface area contributed by atoms with Crippen molar-refractivity contribution in [1.29, 1.82) is 0 Å². The summed E-state index contributed by atoms with van der Waals surface area (Å²) in [5.41, 5.74) is -1.66. The number of halogens is 3. The molecule has 1 fully saturated rings. The van der Waals surface area contributed by atoms with Gasteiger partial charge in [0, 0.05) is 33.2 Å². The predicted molar refractivity (Wildman–Crippen MR) is 113 cm³/mol. The number of nitrogens with one attached hydrogen (secondary N) is 1. The third-order valence-corrected chi connectivity index (χ3v) is 5.21. The molecule has 0 spiro atoms. The number of aromatic nitrogens is 2. The average molecular weight is 468 g/mol. The van der Waals surface area contributed by atoms with Crippen LogP contribution in [-0.2, 0) is 23.2 Å². The lowest BCUT2D eigenvalue weighted by Gasteiger charge is -2.40. The molecule has 1 saturated heterocycles. The zero-order valence-corrected chi connectivity index (χ0v) is 18.3. The molecule has 0 saturated carbocycles. The van der Waals surface area contributed by atoms with Gasteiger partial charge in [0.1, 0.15) is 0 Å². The van der Waals surface area contributed by atoms with Crippen molar-refractivity contribution in [3.05, 3.63) is 20.8 Å². The number of anilines is 2. The Morgan fingerprint density at radius 2 is 1.73 bits per heavy atom. The van der Waals surface area contributed by atoms with Gasteiger partial charge in [0.05, 0.1) is 13.1 Å². The number of rotatable bonds is 4. The maximum Gasteiger partial charge on any atom is 0.493 e. The lowest BCUT2D eigenvalue weighted by Crippen LogP contribution is -2.61. The standard InChI is InChI=1S/C20H23F3N6O4/c1-4-6-10-27-14-15(28(11-7-5-2)19(32)25(3)16(14)30)29(33-17(31)20(21,22)23)18(27)26-12-8-24-9-13-26/h18,24H,8-13H2,1-3H3. The minimum atomic E-state index is -5.29. The van der Waals surface area contributed by atoms with E-state index in [1.165, 1.54) is 18.9 Å². The number of piperazine rings is 1. The summed E-state index contributed by atoms with van der Waals surface area (Å²) in [6.07, 6.45) is -6.41. The molecule has 1 unspecified atom stereocenters. The van der Waals surface area contributed by atoms with Gasteiger partial charge in [0.2, 0.25) is 0 Å². The van der Waals surface area contributed by atoms with Crippen LogP contribution in [0.15, 0.2) is 9.59 Å². The molecule has 10 nitrogen and oxygen atoms in total. The lowest BCUT2D eigenvalue weighted by atomic mass is 10.3. The van der Waals surface area contributed by atoms with Gasteiger partial charge in [-0.05, 0) is 13.8 Å². The van der Waals surface area contributed by atoms with Crippen LogP contribution in [0.5, 0.6) is 0 Å². The summed E-state index contributed by atoms with van der Waals surface area (Å²) in [7, 11) is 1.26. The van der Waals surface area contributed by atoms with Gasteiger partial charge >= 0.3 is 17.8 Å². The molecular formula is C20H23F3N6O4. The molecule has 13 heteroatoms. The highest BCUT2D eigenvalue weighted by Gasteiger charge is 2.50. The molecule has 2 aliphatic rings. The summed E-state index contributed by atoms with van der Waals surface area (Å²) in [6.45, 7) is 4.64. The fourth-order valence-corrected chi connectivity index (χ4v) is 3.68. The van der Waals surface area contributed by atoms with Crippen LogP contribution in [0.2, 0.25) is 0 Å². The molecule has 178 valence electrons. The fourth-order valence-electron chi connectivity index (χ4n) is 3.68. The molecular weight excluding hydrogens is 445 g/mol. The summed E-state index contributed by atoms with van der Waals surface area (Å²) < 4.78 is 41.3. The van der Waals surface area contributed by atoms with Crippen LogP contribution in [0.3, 0.4) is 0 Å². The Morgan fingerprint density at radius 1 is 1.12 bits per heavy atom. The first-order valence-electron chi connectivity index (χ1n) is 10.1. The third-order valence-electron chi connectivity index (χ3n) is 5.21. The highest BCUT2D eigenvalue weighted by Crippen LogP contribution is 2.38. The zero-order valence-electron chi connectivity index (χ0n) is 18.3. The second-order valence-electron chi connectivity index (χ2n) is 7.22. The van der Waals surface area contributed by atoms with E-state index in [9.17, 15) is 27.6 Å². The van der Waals surface area contributed by atoms with Crippen molar-refractivity contribution in [3.8, 4) is 23.7 Å². The molecule has 1 aromatic heterocycles. The van der Waals surface area contributed by atoms with E-state index in [0.29, 0.717) is 31.2 Å². The number of alkyl halides is 3. The Balaban J connectivity index is 2.30. The van der Waals surface area contributed by atoms with Crippen LogP contribution in [-0.4, -0.2) is 65.2 Å². The highest BCUT2D eigenvalue weighted by atomic mass is 19.4. The van der Waals surface area contributed by atoms with E-state index in [0.717, 1.165) is 9.13 Å². The van der Waals surface area contributed by atoms with Gasteiger partial charge in [0.15, 0.2) is 17.8 Å². The normalized spacial score (nSPS) is 18.2. The maximum absolute atomic E-state index is 13.2. The molecule has 0 aliphatic carbocycles. The monoisotopic (exact) mass is 468 g/mol. The molecule has 0 amide bonds. The van der Waals surface area contributed by atoms with E-state index in [4.69, 9.17) is 4.84 Å². The van der Waals surface area contributed by atoms with Gasteiger partial charge in [-0.15, -0.1) is 16.9 Å². The van der Waals surface area contributed by atoms with Gasteiger partial charge in [-0.3, -0.25) is 18.8 Å². The first kappa shape index (κ1) is 24.2. The van der Waals surface area contributed by atoms with Gasteiger partial charge in [0.25, 0.3) is 5.56 Å². The molecule has 1 N–H and O–H groups in total. The van der Waals surface area contributed by atoms with Gasteiger partial charge in [-0.1, -0.05) is 11.8 Å². The summed E-state index contributed by atoms with van der Waals surface area (Å²) >= 11 is 0. The highest BCUT2D eigenvalue weighted by molar-refractivity contribution is 5.80. The quantitative estimate of drug-likeness (QED) is 0.588. The van der Waals surface area contributed by atoms with Crippen molar-refractivity contribution in [1.82, 2.24) is 19.4 Å². The molecule has 33 heavy (non-hydrogen) atoms. The van der Waals surface area contributed by atoms with Crippen molar-refractivity contribution in [2.24, 2.45) is 7.05 Å². The number of nitrogens with zero attached hydrogens (tertiary/aromatic N) is 5. The average Bonchev–Trinajstić information content (AvgIpc) is 3.09. The molecule has 1 atom stereocenters. The molecule has 3 heterocycles. The number of hydrogen-bond donors (Lipinski definition) is 1. The van der Waals surface area contributed by atoms with E-state index in [1.807, 2.05) is 0 Å². The maximum atomic E-state index is 13.2. The van der Waals surface area contributed by atoms with Crippen LogP contribution in [0.4, 0.5) is 24.7 Å². The number of fused-ring (bicyclic) bond motifs is 1. The third kappa shape index (κ3) is 4.55. The Morgan fingerprint density at radius 3 is 2.30 bits per heavy atom. The largest absolute Gasteiger partial charge is 0.493 e. The first-order chi connectivity index (χ1) is 15.6. The van der Waals surface area contributed by atoms with Crippen LogP contribution in [0.1, 0.15) is 13.8 Å². The van der Waals surface area contributed by atoms with Crippen molar-refractivity contribution in [2.45, 2.75) is 32.9 Å². The Kier molecular flexibility index (Phi) is 7.05. The van der Waals surface area contributed by atoms with Crippen molar-refractivity contribution in [2.75, 3.05) is 42.7 Å². The molecule has 0 bridgehead atoms. The van der Waals surface area contributed by atoms with Crippen molar-refractivity contribution < 1.29 is 22.8 Å². The molecule has 0 aromatic carbocycles. The summed E-state index contributed by atoms with van der Waals surface area (Å²) in [4.78, 5) is 45.9. The van der Waals surface area contributed by atoms with Gasteiger partial charge in [-0.25, -0.2) is 9.59 Å². The predicted octanol–water partition coefficient (Wildman–Crippen LogP) is -0.571. The van der Waals surface area contributed by atoms with Crippen LogP contribution >= 0.6 is 0 Å². The summed E-state index contributed by atoms with van der Waals surface area (Å²) in [6, 6.07) is 0. The van der Waals surface area contributed by atoms with E-state index in [2.05, 4.69) is 29.0 Å². The van der Waals surface area contributed by atoms with Crippen molar-refractivity contribution >= 4 is 17.5 Å².